The molecule has 0 bridgehead atoms. The molecule has 0 unspecified atom stereocenters. The van der Waals surface area contributed by atoms with E-state index in [0.29, 0.717) is 86.2 Å². The largest absolute Gasteiger partial charge is 0.291 e. The molecule has 8 aromatic heterocycles. The van der Waals surface area contributed by atoms with Crippen molar-refractivity contribution < 1.29 is 52.8 Å². The first-order valence-electron chi connectivity index (χ1n) is 38.0. The van der Waals surface area contributed by atoms with Gasteiger partial charge >= 0.3 is 0 Å². The highest BCUT2D eigenvalue weighted by Gasteiger charge is 2.56. The van der Waals surface area contributed by atoms with Gasteiger partial charge in [0.15, 0.2) is 56.9 Å². The number of rotatable bonds is 15. The average molecular weight is 1580 g/mol. The summed E-state index contributed by atoms with van der Waals surface area (Å²) in [5.74, 6) is -1.49. The van der Waals surface area contributed by atoms with E-state index < -0.39 is 61.5 Å². The number of Topliss-reactive ketones (excluding diaryl/α,β-unsaturated/α-hetero) is 3. The first-order valence-corrected chi connectivity index (χ1v) is 42.7. The zero-order valence-electron chi connectivity index (χ0n) is 62.4. The van der Waals surface area contributed by atoms with Gasteiger partial charge < -0.3 is 0 Å². The van der Waals surface area contributed by atoms with Crippen molar-refractivity contribution in [2.45, 2.75) is 154 Å². The number of allylic oxidation sites excluding steroid dienone is 3. The van der Waals surface area contributed by atoms with Crippen molar-refractivity contribution in [3.63, 3.8) is 0 Å². The Kier molecular flexibility index (Phi) is 20.3. The molecule has 6 atom stereocenters. The number of carbonyl (C=O) groups is 3. The molecule has 27 heteroatoms. The molecular weight excluding hydrogens is 1500 g/mol. The van der Waals surface area contributed by atoms with E-state index in [0.717, 1.165) is 99.4 Å². The number of fused-ring (bicyclic) bond motifs is 6. The molecule has 3 aromatic carbocycles. The Morgan fingerprint density at radius 3 is 1.19 bits per heavy atom. The van der Waals surface area contributed by atoms with Gasteiger partial charge in [0, 0.05) is 38.0 Å². The van der Waals surface area contributed by atoms with Crippen LogP contribution in [0, 0.1) is 47.5 Å². The van der Waals surface area contributed by atoms with E-state index in [1.54, 1.807) is 143 Å². The van der Waals surface area contributed by atoms with E-state index in [1.165, 1.54) is 59.4 Å². The highest BCUT2D eigenvalue weighted by Crippen LogP contribution is 2.56. The van der Waals surface area contributed by atoms with Gasteiger partial charge in [-0.1, -0.05) is 48.1 Å². The van der Waals surface area contributed by atoms with E-state index in [9.17, 15) is 52.8 Å². The number of halogens is 3. The van der Waals surface area contributed by atoms with Crippen LogP contribution in [-0.2, 0) is 55.8 Å². The van der Waals surface area contributed by atoms with Crippen molar-refractivity contribution in [3.05, 3.63) is 285 Å². The third kappa shape index (κ3) is 14.2. The summed E-state index contributed by atoms with van der Waals surface area (Å²) in [6, 6.07) is 37.1. The number of hydrogen-bond acceptors (Lipinski definition) is 17. The van der Waals surface area contributed by atoms with Crippen molar-refractivity contribution >= 4 is 65.1 Å². The molecule has 8 heterocycles. The summed E-state index contributed by atoms with van der Waals surface area (Å²) in [5.41, 5.74) is 9.54. The fraction of sp³-hybridized carbons (Fsp3) is 0.314. The Labute approximate surface area is 652 Å². The summed E-state index contributed by atoms with van der Waals surface area (Å²) < 4.78 is 129. The van der Waals surface area contributed by atoms with Crippen LogP contribution < -0.4 is 0 Å². The zero-order valence-corrected chi connectivity index (χ0v) is 64.8. The van der Waals surface area contributed by atoms with Gasteiger partial charge in [0.05, 0.1) is 90.0 Å². The summed E-state index contributed by atoms with van der Waals surface area (Å²) in [6.07, 6.45) is 27.6. The summed E-state index contributed by atoms with van der Waals surface area (Å²) >= 11 is 0. The second-order valence-corrected chi connectivity index (χ2v) is 37.6. The molecule has 18 rings (SSSR count). The van der Waals surface area contributed by atoms with Gasteiger partial charge in [-0.15, -0.1) is 0 Å². The van der Waals surface area contributed by atoms with Crippen molar-refractivity contribution in [2.24, 2.45) is 23.3 Å². The van der Waals surface area contributed by atoms with Gasteiger partial charge in [-0.2, -0.15) is 20.4 Å². The van der Waals surface area contributed by atoms with Crippen molar-refractivity contribution in [1.29, 1.82) is 0 Å². The molecular formula is C86H81F3N12O9S3. The summed E-state index contributed by atoms with van der Waals surface area (Å²) in [5, 5.41) is 15.5. The van der Waals surface area contributed by atoms with Crippen LogP contribution in [0.15, 0.2) is 216 Å². The van der Waals surface area contributed by atoms with Gasteiger partial charge in [0.1, 0.15) is 34.5 Å². The average Bonchev–Trinajstić information content (AvgIpc) is 0.789. The van der Waals surface area contributed by atoms with Crippen molar-refractivity contribution in [2.75, 3.05) is 0 Å². The topological polar surface area (TPSA) is 276 Å². The van der Waals surface area contributed by atoms with Crippen LogP contribution in [0.3, 0.4) is 0 Å². The lowest BCUT2D eigenvalue weighted by Gasteiger charge is -2.44. The number of ketones is 3. The van der Waals surface area contributed by atoms with E-state index in [-0.39, 0.29) is 69.4 Å². The quantitative estimate of drug-likeness (QED) is 0.0862. The lowest BCUT2D eigenvalue weighted by Crippen LogP contribution is -2.47. The molecule has 0 radical (unpaired) electrons. The van der Waals surface area contributed by atoms with Crippen LogP contribution in [-0.4, -0.2) is 123 Å². The summed E-state index contributed by atoms with van der Waals surface area (Å²) in [4.78, 5) is 59.9. The smallest absolute Gasteiger partial charge is 0.200 e. The molecule has 4 saturated carbocycles. The van der Waals surface area contributed by atoms with Gasteiger partial charge in [0.2, 0.25) is 0 Å². The lowest BCUT2D eigenvalue weighted by molar-refractivity contribution is 0.0790. The minimum atomic E-state index is -3.76. The van der Waals surface area contributed by atoms with Gasteiger partial charge in [0.25, 0.3) is 0 Å². The molecule has 0 spiro atoms. The highest BCUT2D eigenvalue weighted by molar-refractivity contribution is 7.92. The third-order valence-electron chi connectivity index (χ3n) is 23.8. The van der Waals surface area contributed by atoms with Crippen LogP contribution in [0.4, 0.5) is 13.2 Å². The maximum absolute atomic E-state index is 14.3. The normalized spacial score (nSPS) is 21.9. The number of benzene rings is 3. The summed E-state index contributed by atoms with van der Waals surface area (Å²) in [7, 11) is -9.21. The molecule has 578 valence electrons. The van der Waals surface area contributed by atoms with Crippen LogP contribution in [0.1, 0.15) is 166 Å². The number of carbonyl (C=O) groups excluding carboxylic acids is 3. The van der Waals surface area contributed by atoms with Gasteiger partial charge in [-0.3, -0.25) is 34.0 Å². The highest BCUT2D eigenvalue weighted by atomic mass is 32.2. The lowest BCUT2D eigenvalue weighted by atomic mass is 9.61. The molecule has 113 heavy (non-hydrogen) atoms. The number of nitrogens with zero attached hydrogens (tertiary/aromatic N) is 12. The van der Waals surface area contributed by atoms with Crippen LogP contribution in [0.25, 0.3) is 35.3 Å². The molecule has 4 fully saturated rings. The molecule has 11 aromatic rings. The van der Waals surface area contributed by atoms with Gasteiger partial charge in [-0.25, -0.2) is 57.5 Å². The molecule has 7 aliphatic rings. The number of aromatic nitrogens is 12. The Morgan fingerprint density at radius 1 is 0.416 bits per heavy atom. The fourth-order valence-electron chi connectivity index (χ4n) is 18.0. The maximum atomic E-state index is 14.3. The van der Waals surface area contributed by atoms with E-state index in [1.807, 2.05) is 44.2 Å². The molecule has 0 amide bonds. The second-order valence-electron chi connectivity index (χ2n) is 30.8. The maximum Gasteiger partial charge on any atom is 0.200 e. The minimum absolute atomic E-state index is 0.0225. The molecule has 7 aliphatic carbocycles. The van der Waals surface area contributed by atoms with E-state index in [4.69, 9.17) is 0 Å². The predicted octanol–water partition coefficient (Wildman–Crippen LogP) is 14.7. The Bertz CT molecular complexity index is 6000. The molecule has 21 nitrogen and oxygen atoms in total. The monoisotopic (exact) mass is 1580 g/mol. The fourth-order valence-corrected chi connectivity index (χ4v) is 24.0. The SMILES string of the molecule is Cc1ccnc(C(=O)[C@]23Cc4cnn(-c5ccc(F)cc5)c4C=C2CC[C@H](S(=O)(=O)c2ccccn2)C3)c1.Cc1ccnc(C(=O)[C@]23Cc4cnn(-c5ccc(F)cc5)c4C=C2CC[C@H](S(=O)(=O)c2ccn(C)n2)C3)c1.O=C(c1ccccn1)[C@]12Cc3cnn(-c4ccc(F)cc4)c3C=C1CC[C@H](S(=O)(=O)C1CCCCC1)C2. The second kappa shape index (κ2) is 30.1. The molecule has 0 N–H and O–H groups in total. The third-order valence-corrected chi connectivity index (χ3v) is 30.7. The first-order chi connectivity index (χ1) is 54.3. The predicted molar refractivity (Wildman–Crippen MR) is 419 cm³/mol. The van der Waals surface area contributed by atoms with Crippen molar-refractivity contribution in [1.82, 2.24) is 59.1 Å². The zero-order chi connectivity index (χ0) is 78.8. The Balaban J connectivity index is 0.000000128. The molecule has 0 aliphatic heterocycles. The Hall–Kier alpha value is -11.0. The minimum Gasteiger partial charge on any atom is -0.291 e. The van der Waals surface area contributed by atoms with E-state index >= 15 is 0 Å². The van der Waals surface area contributed by atoms with Crippen LogP contribution in [0.5, 0.6) is 0 Å². The number of hydrogen-bond donors (Lipinski definition) is 0. The van der Waals surface area contributed by atoms with Crippen LogP contribution in [0.2, 0.25) is 0 Å². The van der Waals surface area contributed by atoms with Crippen LogP contribution >= 0.6 is 0 Å². The molecule has 0 saturated heterocycles. The van der Waals surface area contributed by atoms with E-state index in [2.05, 4.69) is 40.3 Å². The standard InChI is InChI=1S/C29H25FN4O3S.C29H30FN3O3S.C28H26FN5O3S/c1-19-11-13-31-25(14-19)28(35)29-16-20-18-33-34(23-8-6-22(30)7-9-23)26(20)15-21(29)5-10-24(17-29)38(36,37)27-4-2-3-12-32-27;30-22-10-12-23(13-11-22)33-27-16-21-9-14-25(37(35,36)24-6-2-1-3-7-24)18-29(21,17-20(27)19-32-33)28(34)26-8-4-5-15-31-26;1-18-9-11-30-24(13-18)27(35)28-15-19-17-31-34(22-6-4-21(29)5-7-22)25(19)14-20(28)3-8-23(16-28)38(36,37)26-10-12-33(2)32-26/h2-4,6-9,11-15,18,24H,5,10,16-17H2,1H3;4-5,8,10-13,15-16,19,24-25H,1-3,6-7,9,14,17-18H2;4-7,9-14,17,23H,3,8,15-16H2,1-2H3/t24-,29-;25-,29-;23-,28-/m000/s1. The number of aryl methyl sites for hydroxylation is 3. The summed E-state index contributed by atoms with van der Waals surface area (Å²) in [6.45, 7) is 3.79. The van der Waals surface area contributed by atoms with Crippen molar-refractivity contribution in [3.8, 4) is 17.1 Å². The Morgan fingerprint density at radius 2 is 0.805 bits per heavy atom. The number of pyridine rings is 4. The van der Waals surface area contributed by atoms with Gasteiger partial charge in [-0.05, 0) is 277 Å². The first kappa shape index (κ1) is 76.0. The number of sulfone groups is 3.